The van der Waals surface area contributed by atoms with Gasteiger partial charge in [0.15, 0.2) is 18.9 Å². The van der Waals surface area contributed by atoms with Crippen LogP contribution in [0.1, 0.15) is 206 Å². The molecule has 3 fully saturated rings. The molecule has 0 aromatic heterocycles. The second-order valence-electron chi connectivity index (χ2n) is 24.3. The zero-order chi connectivity index (χ0) is 66.1. The first kappa shape index (κ1) is 81.7. The van der Waals surface area contributed by atoms with Gasteiger partial charge in [0.1, 0.15) is 73.2 Å². The first-order valence-electron chi connectivity index (χ1n) is 34.6. The molecule has 0 bridgehead atoms. The average molecular weight is 1290 g/mol. The lowest BCUT2D eigenvalue weighted by Crippen LogP contribution is -2.66. The van der Waals surface area contributed by atoms with Gasteiger partial charge in [-0.25, -0.2) is 0 Å². The lowest BCUT2D eigenvalue weighted by Gasteiger charge is -2.48. The molecule has 17 atom stereocenters. The molecule has 0 saturated carbocycles. The van der Waals surface area contributed by atoms with Gasteiger partial charge < -0.3 is 89.9 Å². The summed E-state index contributed by atoms with van der Waals surface area (Å²) in [5.74, 6) is -0.287. The lowest BCUT2D eigenvalue weighted by atomic mass is 9.96. The third-order valence-electron chi connectivity index (χ3n) is 16.6. The van der Waals surface area contributed by atoms with Crippen LogP contribution in [0.15, 0.2) is 109 Å². The molecular formula is C72H121NO18. The second-order valence-corrected chi connectivity index (χ2v) is 24.3. The van der Waals surface area contributed by atoms with E-state index in [1.54, 1.807) is 6.08 Å². The van der Waals surface area contributed by atoms with Crippen molar-refractivity contribution >= 4 is 5.91 Å². The molecule has 0 aliphatic carbocycles. The Labute approximate surface area is 545 Å². The fourth-order valence-corrected chi connectivity index (χ4v) is 11.0. The fourth-order valence-electron chi connectivity index (χ4n) is 11.0. The van der Waals surface area contributed by atoms with E-state index in [9.17, 15) is 61.0 Å². The van der Waals surface area contributed by atoms with E-state index in [2.05, 4.69) is 116 Å². The van der Waals surface area contributed by atoms with E-state index in [0.29, 0.717) is 6.42 Å². The van der Waals surface area contributed by atoms with E-state index in [4.69, 9.17) is 28.4 Å². The first-order valence-corrected chi connectivity index (χ1v) is 34.6. The third kappa shape index (κ3) is 34.6. The van der Waals surface area contributed by atoms with Gasteiger partial charge >= 0.3 is 0 Å². The summed E-state index contributed by atoms with van der Waals surface area (Å²) in [7, 11) is 0. The van der Waals surface area contributed by atoms with E-state index in [-0.39, 0.29) is 18.9 Å². The maximum atomic E-state index is 13.4. The third-order valence-corrected chi connectivity index (χ3v) is 16.6. The zero-order valence-corrected chi connectivity index (χ0v) is 55.0. The molecule has 3 heterocycles. The highest BCUT2D eigenvalue weighted by Gasteiger charge is 2.53. The Morgan fingerprint density at radius 3 is 1.19 bits per heavy atom. The summed E-state index contributed by atoms with van der Waals surface area (Å²) in [5.41, 5.74) is 0. The SMILES string of the molecule is CC/C=C\C/C=C\C/C=C\C/C=C\C/C=C\C/C=C\C/C=C\C/C=C\CCCCCCCCCCCCC(=O)NC(COC1OC(CO)C(OC2OC(CO)C(OC3OC(CO)C(O)C(O)C3O)C(O)C2O)C(O)C1O)C(O)/C=C/CCCCCCCCCCC. The monoisotopic (exact) mass is 1290 g/mol. The van der Waals surface area contributed by atoms with Crippen molar-refractivity contribution in [2.45, 2.75) is 311 Å². The van der Waals surface area contributed by atoms with Crippen LogP contribution in [0.2, 0.25) is 0 Å². The fraction of sp³-hybridized carbons (Fsp3) is 0.736. The summed E-state index contributed by atoms with van der Waals surface area (Å²) in [4.78, 5) is 13.4. The van der Waals surface area contributed by atoms with Crippen molar-refractivity contribution in [3.05, 3.63) is 109 Å². The number of allylic oxidation sites excluding steroid dienone is 17. The van der Waals surface area contributed by atoms with Gasteiger partial charge in [-0.3, -0.25) is 4.79 Å². The van der Waals surface area contributed by atoms with Gasteiger partial charge in [0.2, 0.25) is 5.91 Å². The Morgan fingerprint density at radius 2 is 0.758 bits per heavy atom. The van der Waals surface area contributed by atoms with Crippen LogP contribution in [0, 0.1) is 0 Å². The van der Waals surface area contributed by atoms with Gasteiger partial charge in [-0.1, -0.05) is 226 Å². The van der Waals surface area contributed by atoms with Crippen molar-refractivity contribution < 1.29 is 89.4 Å². The summed E-state index contributed by atoms with van der Waals surface area (Å²) >= 11 is 0. The molecule has 3 aliphatic rings. The smallest absolute Gasteiger partial charge is 0.220 e. The Morgan fingerprint density at radius 1 is 0.407 bits per heavy atom. The maximum Gasteiger partial charge on any atom is 0.220 e. The highest BCUT2D eigenvalue weighted by atomic mass is 16.8. The highest BCUT2D eigenvalue weighted by Crippen LogP contribution is 2.33. The van der Waals surface area contributed by atoms with Gasteiger partial charge in [-0.05, 0) is 83.5 Å². The summed E-state index contributed by atoms with van der Waals surface area (Å²) in [6.07, 6.45) is 43.7. The van der Waals surface area contributed by atoms with Crippen molar-refractivity contribution in [3.63, 3.8) is 0 Å². The normalized spacial score (nSPS) is 28.6. The van der Waals surface area contributed by atoms with Crippen LogP contribution in [-0.4, -0.2) is 193 Å². The number of hydrogen-bond acceptors (Lipinski definition) is 18. The minimum absolute atomic E-state index is 0.231. The first-order chi connectivity index (χ1) is 44.3. The molecule has 3 saturated heterocycles. The summed E-state index contributed by atoms with van der Waals surface area (Å²) in [6.45, 7) is 1.57. The number of unbranched alkanes of at least 4 members (excludes halogenated alkanes) is 19. The minimum atomic E-state index is -1.98. The Bertz CT molecular complexity index is 2070. The van der Waals surface area contributed by atoms with Crippen LogP contribution in [0.25, 0.3) is 0 Å². The molecule has 19 heteroatoms. The molecule has 0 radical (unpaired) electrons. The molecule has 3 aliphatic heterocycles. The number of nitrogens with one attached hydrogen (secondary N) is 1. The number of ether oxygens (including phenoxy) is 6. The number of rotatable bonds is 51. The zero-order valence-electron chi connectivity index (χ0n) is 55.0. The summed E-state index contributed by atoms with van der Waals surface area (Å²) in [6, 6.07) is -0.981. The van der Waals surface area contributed by atoms with Crippen molar-refractivity contribution in [1.82, 2.24) is 5.32 Å². The topological polar surface area (TPSA) is 307 Å². The van der Waals surface area contributed by atoms with E-state index in [0.717, 1.165) is 109 Å². The van der Waals surface area contributed by atoms with Gasteiger partial charge in [0.05, 0.1) is 38.6 Å². The van der Waals surface area contributed by atoms with E-state index >= 15 is 0 Å². The van der Waals surface area contributed by atoms with E-state index < -0.39 is 124 Å². The molecular weight excluding hydrogens is 1170 g/mol. The lowest BCUT2D eigenvalue weighted by molar-refractivity contribution is -0.379. The van der Waals surface area contributed by atoms with Crippen molar-refractivity contribution in [3.8, 4) is 0 Å². The number of carbonyl (C=O) groups excluding carboxylic acids is 1. The van der Waals surface area contributed by atoms with E-state index in [1.165, 1.54) is 70.6 Å². The van der Waals surface area contributed by atoms with Crippen LogP contribution < -0.4 is 5.32 Å². The number of hydrogen-bond donors (Lipinski definition) is 12. The molecule has 19 nitrogen and oxygen atoms in total. The predicted octanol–water partition coefficient (Wildman–Crippen LogP) is 9.05. The van der Waals surface area contributed by atoms with Gasteiger partial charge in [0, 0.05) is 6.42 Å². The number of aliphatic hydroxyl groups excluding tert-OH is 11. The molecule has 0 spiro atoms. The second kappa shape index (κ2) is 52.7. The number of amides is 1. The Kier molecular flexibility index (Phi) is 47.3. The highest BCUT2D eigenvalue weighted by molar-refractivity contribution is 5.76. The minimum Gasteiger partial charge on any atom is -0.394 e. The van der Waals surface area contributed by atoms with Crippen LogP contribution in [-0.2, 0) is 33.2 Å². The molecule has 0 aromatic rings. The molecule has 1 amide bonds. The summed E-state index contributed by atoms with van der Waals surface area (Å²) < 4.78 is 34.3. The Hall–Kier alpha value is -3.55. The quantitative estimate of drug-likeness (QED) is 0.0200. The maximum absolute atomic E-state index is 13.4. The van der Waals surface area contributed by atoms with Gasteiger partial charge in [-0.15, -0.1) is 0 Å². The van der Waals surface area contributed by atoms with Crippen LogP contribution in [0.4, 0.5) is 0 Å². The largest absolute Gasteiger partial charge is 0.394 e. The molecule has 91 heavy (non-hydrogen) atoms. The number of aliphatic hydroxyl groups is 11. The van der Waals surface area contributed by atoms with Crippen molar-refractivity contribution in [2.24, 2.45) is 0 Å². The van der Waals surface area contributed by atoms with Gasteiger partial charge in [0.25, 0.3) is 0 Å². The van der Waals surface area contributed by atoms with Crippen molar-refractivity contribution in [2.75, 3.05) is 26.4 Å². The van der Waals surface area contributed by atoms with Crippen LogP contribution >= 0.6 is 0 Å². The summed E-state index contributed by atoms with van der Waals surface area (Å²) in [5, 5.41) is 120. The van der Waals surface area contributed by atoms with Gasteiger partial charge in [-0.2, -0.15) is 0 Å². The Balaban J connectivity index is 1.35. The van der Waals surface area contributed by atoms with Crippen molar-refractivity contribution in [1.29, 1.82) is 0 Å². The van der Waals surface area contributed by atoms with E-state index in [1.807, 2.05) is 6.08 Å². The number of carbonyl (C=O) groups is 1. The predicted molar refractivity (Wildman–Crippen MR) is 355 cm³/mol. The van der Waals surface area contributed by atoms with Crippen LogP contribution in [0.3, 0.4) is 0 Å². The standard InChI is InChI=1S/C72H121NO18/c1-3-5-7-9-11-13-15-16-17-18-19-20-21-22-23-24-25-26-27-28-29-30-31-32-33-34-35-36-37-38-40-42-44-46-48-50-60(78)73-55(56(77)49-47-45-43-41-39-14-12-10-8-6-4-2)54-86-70-66(84)63(81)68(58(52-75)88-70)91-72-67(85)64(82)69(59(53-76)89-72)90-71-65(83)62(80)61(79)57(51-74)87-71/h5,7,11,13,16-17,19-20,22-23,25-26,28-29,31-32,47,49,55-59,61-72,74-77,79-85H,3-4,6,8-10,12,14-15,18,21,24,27,30,33-46,48,50-54H2,1-2H3,(H,73,78)/b7-5-,13-11-,17-16-,20-19-,23-22-,26-25-,29-28-,32-31-,49-47+. The molecule has 3 rings (SSSR count). The average Bonchev–Trinajstić information content (AvgIpc) is 1.05. The molecule has 17 unspecified atom stereocenters. The molecule has 12 N–H and O–H groups in total. The molecule has 0 aromatic carbocycles. The molecule has 522 valence electrons. The van der Waals surface area contributed by atoms with Crippen LogP contribution in [0.5, 0.6) is 0 Å².